The van der Waals surface area contributed by atoms with Crippen LogP contribution in [0.3, 0.4) is 0 Å². The lowest BCUT2D eigenvalue weighted by Gasteiger charge is -2.29. The number of amides is 1. The van der Waals surface area contributed by atoms with E-state index in [4.69, 9.17) is 5.73 Å². The Morgan fingerprint density at radius 1 is 1.14 bits per heavy atom. The molecule has 1 amide bonds. The minimum Gasteiger partial charge on any atom is -0.399 e. The summed E-state index contributed by atoms with van der Waals surface area (Å²) in [7, 11) is 0. The number of halogens is 2. The van der Waals surface area contributed by atoms with Gasteiger partial charge in [-0.1, -0.05) is 12.1 Å². The van der Waals surface area contributed by atoms with Crippen LogP contribution in [0, 0.1) is 11.6 Å². The standard InChI is InChI=1S/C16H14F2N2O/c17-13-3-1-2-11(16(13)18)9-20-14-6-5-12(19)8-10(14)4-7-15(20)21/h1-3,5-6,8H,4,7,9,19H2. The highest BCUT2D eigenvalue weighted by Crippen LogP contribution is 2.31. The highest BCUT2D eigenvalue weighted by atomic mass is 19.2. The van der Waals surface area contributed by atoms with Crippen molar-refractivity contribution < 1.29 is 13.6 Å². The normalized spacial score (nSPS) is 14.2. The van der Waals surface area contributed by atoms with Gasteiger partial charge in [0.2, 0.25) is 5.91 Å². The van der Waals surface area contributed by atoms with Crippen molar-refractivity contribution in [1.29, 1.82) is 0 Å². The van der Waals surface area contributed by atoms with Crippen LogP contribution in [0.15, 0.2) is 36.4 Å². The number of aryl methyl sites for hydroxylation is 1. The molecule has 0 aliphatic carbocycles. The second kappa shape index (κ2) is 5.16. The third kappa shape index (κ3) is 2.46. The molecule has 0 fully saturated rings. The van der Waals surface area contributed by atoms with Crippen molar-refractivity contribution in [3.05, 3.63) is 59.2 Å². The zero-order chi connectivity index (χ0) is 15.0. The van der Waals surface area contributed by atoms with E-state index in [1.165, 1.54) is 17.0 Å². The van der Waals surface area contributed by atoms with Gasteiger partial charge >= 0.3 is 0 Å². The minimum atomic E-state index is -0.909. The molecule has 5 heteroatoms. The number of nitrogen functional groups attached to an aromatic ring is 1. The predicted octanol–water partition coefficient (Wildman–Crippen LogP) is 3.03. The first-order valence-electron chi connectivity index (χ1n) is 6.68. The molecular weight excluding hydrogens is 274 g/mol. The molecule has 0 unspecified atom stereocenters. The molecule has 3 rings (SSSR count). The van der Waals surface area contributed by atoms with Crippen molar-refractivity contribution in [2.24, 2.45) is 0 Å². The smallest absolute Gasteiger partial charge is 0.227 e. The largest absolute Gasteiger partial charge is 0.399 e. The van der Waals surface area contributed by atoms with Crippen LogP contribution in [0.5, 0.6) is 0 Å². The monoisotopic (exact) mass is 288 g/mol. The summed E-state index contributed by atoms with van der Waals surface area (Å²) < 4.78 is 27.1. The van der Waals surface area contributed by atoms with Gasteiger partial charge in [0.15, 0.2) is 11.6 Å². The summed E-state index contributed by atoms with van der Waals surface area (Å²) in [5.41, 5.74) is 8.19. The van der Waals surface area contributed by atoms with Gasteiger partial charge in [0.25, 0.3) is 0 Å². The van der Waals surface area contributed by atoms with Gasteiger partial charge in [0.1, 0.15) is 0 Å². The van der Waals surface area contributed by atoms with Gasteiger partial charge in [-0.25, -0.2) is 8.78 Å². The van der Waals surface area contributed by atoms with Crippen LogP contribution < -0.4 is 10.6 Å². The van der Waals surface area contributed by atoms with Crippen LogP contribution in [0.2, 0.25) is 0 Å². The second-order valence-electron chi connectivity index (χ2n) is 5.08. The van der Waals surface area contributed by atoms with E-state index in [1.54, 1.807) is 12.1 Å². The fourth-order valence-corrected chi connectivity index (χ4v) is 2.59. The molecule has 2 N–H and O–H groups in total. The first-order valence-corrected chi connectivity index (χ1v) is 6.68. The summed E-state index contributed by atoms with van der Waals surface area (Å²) in [6.07, 6.45) is 0.953. The Labute approximate surface area is 121 Å². The van der Waals surface area contributed by atoms with Crippen molar-refractivity contribution in [3.8, 4) is 0 Å². The van der Waals surface area contributed by atoms with Gasteiger partial charge < -0.3 is 10.6 Å². The molecule has 0 radical (unpaired) electrons. The zero-order valence-electron chi connectivity index (χ0n) is 11.3. The quantitative estimate of drug-likeness (QED) is 0.863. The summed E-state index contributed by atoms with van der Waals surface area (Å²) >= 11 is 0. The van der Waals surface area contributed by atoms with Crippen LogP contribution in [0.1, 0.15) is 17.5 Å². The molecule has 2 aromatic carbocycles. The molecule has 1 heterocycles. The number of nitrogens with zero attached hydrogens (tertiary/aromatic N) is 1. The Kier molecular flexibility index (Phi) is 3.33. The van der Waals surface area contributed by atoms with E-state index in [0.717, 1.165) is 11.6 Å². The Hall–Kier alpha value is -2.43. The molecule has 0 atom stereocenters. The van der Waals surface area contributed by atoms with E-state index in [2.05, 4.69) is 0 Å². The predicted molar refractivity (Wildman–Crippen MR) is 76.7 cm³/mol. The maximum absolute atomic E-state index is 13.8. The maximum Gasteiger partial charge on any atom is 0.227 e. The number of rotatable bonds is 2. The van der Waals surface area contributed by atoms with Crippen LogP contribution in [-0.4, -0.2) is 5.91 Å². The molecule has 0 bridgehead atoms. The van der Waals surface area contributed by atoms with Crippen molar-refractivity contribution >= 4 is 17.3 Å². The van der Waals surface area contributed by atoms with E-state index in [0.29, 0.717) is 24.2 Å². The van der Waals surface area contributed by atoms with Gasteiger partial charge in [-0.2, -0.15) is 0 Å². The van der Waals surface area contributed by atoms with Crippen LogP contribution in [0.25, 0.3) is 0 Å². The average Bonchev–Trinajstić information content (AvgIpc) is 2.46. The number of hydrogen-bond donors (Lipinski definition) is 1. The number of fused-ring (bicyclic) bond motifs is 1. The van der Waals surface area contributed by atoms with Crippen molar-refractivity contribution in [2.45, 2.75) is 19.4 Å². The molecule has 0 spiro atoms. The molecule has 1 aliphatic rings. The van der Waals surface area contributed by atoms with Gasteiger partial charge in [0, 0.05) is 23.4 Å². The first kappa shape index (κ1) is 13.5. The molecular formula is C16H14F2N2O. The molecule has 21 heavy (non-hydrogen) atoms. The lowest BCUT2D eigenvalue weighted by atomic mass is 9.99. The zero-order valence-corrected chi connectivity index (χ0v) is 11.3. The Morgan fingerprint density at radius 2 is 1.95 bits per heavy atom. The van der Waals surface area contributed by atoms with Crippen LogP contribution in [0.4, 0.5) is 20.2 Å². The third-order valence-corrected chi connectivity index (χ3v) is 3.66. The van der Waals surface area contributed by atoms with Crippen LogP contribution >= 0.6 is 0 Å². The fraction of sp³-hybridized carbons (Fsp3) is 0.188. The molecule has 108 valence electrons. The van der Waals surface area contributed by atoms with Gasteiger partial charge in [-0.15, -0.1) is 0 Å². The van der Waals surface area contributed by atoms with Crippen molar-refractivity contribution in [2.75, 3.05) is 10.6 Å². The van der Waals surface area contributed by atoms with Gasteiger partial charge in [0.05, 0.1) is 6.54 Å². The molecule has 2 aromatic rings. The molecule has 0 saturated carbocycles. The second-order valence-corrected chi connectivity index (χ2v) is 5.08. The van der Waals surface area contributed by atoms with E-state index in [1.807, 2.05) is 6.07 Å². The lowest BCUT2D eigenvalue weighted by molar-refractivity contribution is -0.119. The minimum absolute atomic E-state index is 0.0132. The number of carbonyl (C=O) groups excluding carboxylic acids is 1. The lowest BCUT2D eigenvalue weighted by Crippen LogP contribution is -2.34. The highest BCUT2D eigenvalue weighted by molar-refractivity contribution is 5.96. The Balaban J connectivity index is 1.99. The van der Waals surface area contributed by atoms with Crippen molar-refractivity contribution in [3.63, 3.8) is 0 Å². The fourth-order valence-electron chi connectivity index (χ4n) is 2.59. The van der Waals surface area contributed by atoms with Gasteiger partial charge in [-0.3, -0.25) is 4.79 Å². The van der Waals surface area contributed by atoms with E-state index >= 15 is 0 Å². The molecule has 0 saturated heterocycles. The van der Waals surface area contributed by atoms with E-state index in [-0.39, 0.29) is 18.0 Å². The maximum atomic E-state index is 13.8. The summed E-state index contributed by atoms with van der Waals surface area (Å²) in [5, 5.41) is 0. The highest BCUT2D eigenvalue weighted by Gasteiger charge is 2.25. The number of carbonyl (C=O) groups is 1. The molecule has 1 aliphatic heterocycles. The summed E-state index contributed by atoms with van der Waals surface area (Å²) in [5.74, 6) is -1.92. The molecule has 0 aromatic heterocycles. The average molecular weight is 288 g/mol. The molecule has 3 nitrogen and oxygen atoms in total. The number of hydrogen-bond acceptors (Lipinski definition) is 2. The van der Waals surface area contributed by atoms with Crippen LogP contribution in [-0.2, 0) is 17.8 Å². The topological polar surface area (TPSA) is 46.3 Å². The SMILES string of the molecule is Nc1ccc2c(c1)CCC(=O)N2Cc1cccc(F)c1F. The summed E-state index contributed by atoms with van der Waals surface area (Å²) in [4.78, 5) is 13.6. The first-order chi connectivity index (χ1) is 10.1. The number of benzene rings is 2. The van der Waals surface area contributed by atoms with E-state index < -0.39 is 11.6 Å². The summed E-state index contributed by atoms with van der Waals surface area (Å²) in [6, 6.07) is 9.25. The summed E-state index contributed by atoms with van der Waals surface area (Å²) in [6.45, 7) is 0.0132. The Morgan fingerprint density at radius 3 is 2.76 bits per heavy atom. The number of anilines is 2. The third-order valence-electron chi connectivity index (χ3n) is 3.66. The van der Waals surface area contributed by atoms with Crippen molar-refractivity contribution in [1.82, 2.24) is 0 Å². The van der Waals surface area contributed by atoms with Gasteiger partial charge in [-0.05, 0) is 36.2 Å². The van der Waals surface area contributed by atoms with E-state index in [9.17, 15) is 13.6 Å². The Bertz CT molecular complexity index is 715. The number of nitrogens with two attached hydrogens (primary N) is 1.